The average Bonchev–Trinajstić information content (AvgIpc) is 3.29. The molecule has 0 amide bonds. The number of aliphatic carboxylic acids is 1. The molecule has 9 heteroatoms. The molecule has 1 heterocycles. The standard InChI is InChI=1S/C32H39NO8/c1-2-3-4-5-6-7-10-23-13-15-25(16-14-23)40-22-24(34)20-33-21-28(30(35)11-8-9-12-31(36)37)27-19-26(41-32(38)39)17-18-29(27)33/h13-19,21H,2-12,20,22H2,1H3,(H,36,37)(H,38,39). The second-order valence-corrected chi connectivity index (χ2v) is 10.2. The van der Waals surface area contributed by atoms with Gasteiger partial charge in [0.05, 0.1) is 6.54 Å². The van der Waals surface area contributed by atoms with Gasteiger partial charge in [-0.05, 0) is 61.6 Å². The Morgan fingerprint density at radius 2 is 1.49 bits per heavy atom. The molecule has 1 aromatic heterocycles. The second-order valence-electron chi connectivity index (χ2n) is 10.2. The maximum atomic E-state index is 13.0. The van der Waals surface area contributed by atoms with Crippen molar-refractivity contribution in [3.05, 3.63) is 59.8 Å². The van der Waals surface area contributed by atoms with Gasteiger partial charge in [0.1, 0.15) is 18.1 Å². The Morgan fingerprint density at radius 1 is 0.805 bits per heavy atom. The van der Waals surface area contributed by atoms with Gasteiger partial charge in [0.25, 0.3) is 0 Å². The number of hydrogen-bond donors (Lipinski definition) is 2. The molecule has 9 nitrogen and oxygen atoms in total. The van der Waals surface area contributed by atoms with Crippen LogP contribution in [0.15, 0.2) is 48.7 Å². The Kier molecular flexibility index (Phi) is 12.4. The summed E-state index contributed by atoms with van der Waals surface area (Å²) in [4.78, 5) is 47.6. The molecule has 0 unspecified atom stereocenters. The number of carbonyl (C=O) groups is 4. The van der Waals surface area contributed by atoms with Crippen LogP contribution in [-0.2, 0) is 22.6 Å². The van der Waals surface area contributed by atoms with Gasteiger partial charge in [-0.25, -0.2) is 4.79 Å². The molecule has 0 bridgehead atoms. The van der Waals surface area contributed by atoms with Crippen LogP contribution in [0.5, 0.6) is 11.5 Å². The third kappa shape index (κ3) is 10.4. The molecule has 0 radical (unpaired) electrons. The SMILES string of the molecule is CCCCCCCCc1ccc(OCC(=O)Cn2cc(C(=O)CCCCC(=O)O)c3cc(OC(=O)O)ccc32)cc1. The van der Waals surface area contributed by atoms with E-state index in [1.165, 1.54) is 49.8 Å². The molecule has 0 fully saturated rings. The third-order valence-electron chi connectivity index (χ3n) is 6.89. The molecule has 0 saturated carbocycles. The van der Waals surface area contributed by atoms with Gasteiger partial charge in [-0.2, -0.15) is 0 Å². The summed E-state index contributed by atoms with van der Waals surface area (Å²) in [5, 5.41) is 18.3. The highest BCUT2D eigenvalue weighted by molar-refractivity contribution is 6.08. The summed E-state index contributed by atoms with van der Waals surface area (Å²) >= 11 is 0. The Bertz CT molecular complexity index is 1330. The van der Waals surface area contributed by atoms with Crippen molar-refractivity contribution in [1.29, 1.82) is 0 Å². The molecule has 3 rings (SSSR count). The molecule has 0 saturated heterocycles. The lowest BCUT2D eigenvalue weighted by molar-refractivity contribution is -0.137. The summed E-state index contributed by atoms with van der Waals surface area (Å²) in [5.41, 5.74) is 2.13. The predicted molar refractivity (Wildman–Crippen MR) is 155 cm³/mol. The lowest BCUT2D eigenvalue weighted by Crippen LogP contribution is -2.17. The maximum absolute atomic E-state index is 13.0. The van der Waals surface area contributed by atoms with Crippen LogP contribution in [0.3, 0.4) is 0 Å². The molecular formula is C32H39NO8. The van der Waals surface area contributed by atoms with Crippen molar-refractivity contribution in [1.82, 2.24) is 4.57 Å². The number of aromatic nitrogens is 1. The van der Waals surface area contributed by atoms with Gasteiger partial charge in [-0.15, -0.1) is 0 Å². The number of ether oxygens (including phenoxy) is 2. The van der Waals surface area contributed by atoms with E-state index >= 15 is 0 Å². The zero-order valence-electron chi connectivity index (χ0n) is 23.6. The van der Waals surface area contributed by atoms with E-state index in [0.29, 0.717) is 35.1 Å². The fourth-order valence-corrected chi connectivity index (χ4v) is 4.75. The molecule has 220 valence electrons. The topological polar surface area (TPSA) is 132 Å². The summed E-state index contributed by atoms with van der Waals surface area (Å²) in [6, 6.07) is 12.3. The summed E-state index contributed by atoms with van der Waals surface area (Å²) in [6.45, 7) is 2.03. The highest BCUT2D eigenvalue weighted by atomic mass is 16.7. The Labute approximate surface area is 240 Å². The minimum Gasteiger partial charge on any atom is -0.486 e. The highest BCUT2D eigenvalue weighted by Gasteiger charge is 2.18. The number of carboxylic acids is 1. The van der Waals surface area contributed by atoms with Crippen molar-refractivity contribution in [2.45, 2.75) is 84.1 Å². The first-order valence-corrected chi connectivity index (χ1v) is 14.3. The zero-order chi connectivity index (χ0) is 29.6. The predicted octanol–water partition coefficient (Wildman–Crippen LogP) is 7.08. The van der Waals surface area contributed by atoms with Crippen LogP contribution in [0.1, 0.15) is 87.1 Å². The van der Waals surface area contributed by atoms with E-state index in [0.717, 1.165) is 12.8 Å². The Morgan fingerprint density at radius 3 is 2.20 bits per heavy atom. The van der Waals surface area contributed by atoms with Crippen molar-refractivity contribution in [3.63, 3.8) is 0 Å². The summed E-state index contributed by atoms with van der Waals surface area (Å²) in [6.07, 6.45) is 9.47. The molecule has 0 aliphatic heterocycles. The van der Waals surface area contributed by atoms with Gasteiger partial charge in [0.15, 0.2) is 11.6 Å². The molecule has 2 N–H and O–H groups in total. The first kappa shape index (κ1) is 31.4. The van der Waals surface area contributed by atoms with Crippen LogP contribution < -0.4 is 9.47 Å². The minimum atomic E-state index is -1.48. The smallest absolute Gasteiger partial charge is 0.486 e. The molecule has 0 aliphatic rings. The van der Waals surface area contributed by atoms with E-state index in [1.807, 2.05) is 24.3 Å². The lowest BCUT2D eigenvalue weighted by atomic mass is 10.0. The number of hydrogen-bond acceptors (Lipinski definition) is 6. The number of rotatable bonds is 19. The monoisotopic (exact) mass is 565 g/mol. The van der Waals surface area contributed by atoms with Crippen molar-refractivity contribution < 1.29 is 38.9 Å². The number of carboxylic acid groups (broad SMARTS) is 2. The van der Waals surface area contributed by atoms with E-state index in [4.69, 9.17) is 19.7 Å². The van der Waals surface area contributed by atoms with Crippen LogP contribution >= 0.6 is 0 Å². The van der Waals surface area contributed by atoms with Gasteiger partial charge in [0.2, 0.25) is 0 Å². The van der Waals surface area contributed by atoms with Crippen molar-refractivity contribution in [2.24, 2.45) is 0 Å². The van der Waals surface area contributed by atoms with Gasteiger partial charge in [-0.1, -0.05) is 51.2 Å². The van der Waals surface area contributed by atoms with Crippen LogP contribution in [0.25, 0.3) is 10.9 Å². The van der Waals surface area contributed by atoms with E-state index < -0.39 is 12.1 Å². The van der Waals surface area contributed by atoms with Crippen LogP contribution in [0.4, 0.5) is 4.79 Å². The molecule has 0 atom stereocenters. The zero-order valence-corrected chi connectivity index (χ0v) is 23.6. The minimum absolute atomic E-state index is 0.0258. The number of carbonyl (C=O) groups excluding carboxylic acids is 2. The van der Waals surface area contributed by atoms with E-state index in [2.05, 4.69) is 6.92 Å². The van der Waals surface area contributed by atoms with Crippen LogP contribution in [-0.4, -0.2) is 45.1 Å². The summed E-state index contributed by atoms with van der Waals surface area (Å²) < 4.78 is 12.1. The number of fused-ring (bicyclic) bond motifs is 1. The average molecular weight is 566 g/mol. The third-order valence-corrected chi connectivity index (χ3v) is 6.89. The normalized spacial score (nSPS) is 11.0. The van der Waals surface area contributed by atoms with E-state index in [1.54, 1.807) is 16.8 Å². The van der Waals surface area contributed by atoms with Crippen molar-refractivity contribution >= 4 is 34.6 Å². The molecule has 41 heavy (non-hydrogen) atoms. The maximum Gasteiger partial charge on any atom is 0.511 e. The largest absolute Gasteiger partial charge is 0.511 e. The molecular weight excluding hydrogens is 526 g/mol. The fraction of sp³-hybridized carbons (Fsp3) is 0.438. The summed E-state index contributed by atoms with van der Waals surface area (Å²) in [7, 11) is 0. The summed E-state index contributed by atoms with van der Waals surface area (Å²) in [5.74, 6) is -0.692. The number of ketones is 2. The molecule has 0 spiro atoms. The number of benzene rings is 2. The van der Waals surface area contributed by atoms with Crippen molar-refractivity contribution in [2.75, 3.05) is 6.61 Å². The van der Waals surface area contributed by atoms with Gasteiger partial charge >= 0.3 is 12.1 Å². The van der Waals surface area contributed by atoms with Crippen molar-refractivity contribution in [3.8, 4) is 11.5 Å². The Hall–Kier alpha value is -4.14. The number of unbranched alkanes of at least 4 members (excludes halogenated alkanes) is 6. The molecule has 0 aliphatic carbocycles. The highest BCUT2D eigenvalue weighted by Crippen LogP contribution is 2.28. The first-order chi connectivity index (χ1) is 19.8. The molecule has 2 aromatic carbocycles. The molecule has 3 aromatic rings. The fourth-order valence-electron chi connectivity index (χ4n) is 4.75. The first-order valence-electron chi connectivity index (χ1n) is 14.3. The number of nitrogens with zero attached hydrogens (tertiary/aromatic N) is 1. The van der Waals surface area contributed by atoms with E-state index in [9.17, 15) is 19.2 Å². The second kappa shape index (κ2) is 16.2. The van der Waals surface area contributed by atoms with E-state index in [-0.39, 0.29) is 43.3 Å². The van der Waals surface area contributed by atoms with Crippen LogP contribution in [0.2, 0.25) is 0 Å². The van der Waals surface area contributed by atoms with Gasteiger partial charge in [-0.3, -0.25) is 14.4 Å². The Balaban J connectivity index is 1.61. The lowest BCUT2D eigenvalue weighted by Gasteiger charge is -2.09. The van der Waals surface area contributed by atoms with Gasteiger partial charge < -0.3 is 24.3 Å². The quantitative estimate of drug-likeness (QED) is 0.0682. The number of aryl methyl sites for hydroxylation is 1. The number of Topliss-reactive ketones (excluding diaryl/α,β-unsaturated/α-hetero) is 2. The van der Waals surface area contributed by atoms with Crippen LogP contribution in [0, 0.1) is 0 Å². The van der Waals surface area contributed by atoms with Gasteiger partial charge in [0, 0.05) is 35.5 Å².